The topological polar surface area (TPSA) is 70.0 Å². The molecule has 14 aromatic rings. The molecule has 0 amide bonds. The lowest BCUT2D eigenvalue weighted by atomic mass is 9.78. The second-order valence-corrected chi connectivity index (χ2v) is 22.5. The van der Waals surface area contributed by atoms with Crippen molar-refractivity contribution in [1.29, 1.82) is 0 Å². The highest BCUT2D eigenvalue weighted by Gasteiger charge is 2.51. The van der Waals surface area contributed by atoms with Gasteiger partial charge in [0.2, 0.25) is 0 Å². The van der Waals surface area contributed by atoms with E-state index in [1.165, 1.54) is 43.8 Å². The molecule has 0 unspecified atom stereocenters. The summed E-state index contributed by atoms with van der Waals surface area (Å²) in [7, 11) is -0.333. The zero-order valence-corrected chi connectivity index (χ0v) is 47.6. The van der Waals surface area contributed by atoms with Crippen molar-refractivity contribution < 1.29 is 9.31 Å². The van der Waals surface area contributed by atoms with Gasteiger partial charge >= 0.3 is 7.12 Å². The van der Waals surface area contributed by atoms with E-state index < -0.39 is 0 Å². The van der Waals surface area contributed by atoms with Crippen LogP contribution in [0, 0.1) is 0 Å². The second kappa shape index (κ2) is 22.1. The van der Waals surface area contributed by atoms with Crippen LogP contribution in [0.25, 0.3) is 121 Å². The molecule has 10 aromatic carbocycles. The minimum atomic E-state index is -0.333. The largest absolute Gasteiger partial charge is 0.494 e. The third kappa shape index (κ3) is 10.4. The highest BCUT2D eigenvalue weighted by atomic mass is 79.9. The van der Waals surface area contributed by atoms with Gasteiger partial charge in [0.15, 0.2) is 0 Å². The van der Waals surface area contributed by atoms with Crippen LogP contribution in [0.3, 0.4) is 0 Å². The predicted octanol–water partition coefficient (Wildman–Crippen LogP) is 19.0. The standard InChI is InChI=1S/C34H22N2.C22H23BO2.C18H11BrN2/c1-2-9-24(10-3-1)31-20-18-25-16-17-26-19-21-32(36-34(26)33(25)35-31)28-13-6-12-27(22-28)30-15-7-11-23-8-4-5-14-29(23)30;1-21(2)22(3,4)25-23(24-21)18-12-7-11-17(15-18)20-14-8-10-16-9-5-6-13-19(16)20;19-16-11-9-14-7-6-13-8-10-15(12-4-2-1-3-5-12)20-17(13)18(14)21-16/h1-22H;5-15H,1-4H3;1-11H. The smallest absolute Gasteiger partial charge is 0.399 e. The summed E-state index contributed by atoms with van der Waals surface area (Å²) in [5.74, 6) is 0. The zero-order chi connectivity index (χ0) is 55.8. The average Bonchev–Trinajstić information content (AvgIpc) is 3.92. The summed E-state index contributed by atoms with van der Waals surface area (Å²) < 4.78 is 13.2. The van der Waals surface area contributed by atoms with Crippen LogP contribution in [-0.4, -0.2) is 38.3 Å². The van der Waals surface area contributed by atoms with Crippen LogP contribution in [0.5, 0.6) is 0 Å². The summed E-state index contributed by atoms with van der Waals surface area (Å²) in [4.78, 5) is 19.6. The number of fused-ring (bicyclic) bond motifs is 8. The molecule has 0 atom stereocenters. The molecule has 15 rings (SSSR count). The maximum absolute atomic E-state index is 6.21. The fourth-order valence-corrected chi connectivity index (χ4v) is 11.2. The van der Waals surface area contributed by atoms with Gasteiger partial charge in [0.25, 0.3) is 0 Å². The summed E-state index contributed by atoms with van der Waals surface area (Å²) in [6, 6.07) is 92.7. The Labute approximate surface area is 486 Å². The van der Waals surface area contributed by atoms with Gasteiger partial charge in [-0.1, -0.05) is 237 Å². The molecule has 0 N–H and O–H groups in total. The van der Waals surface area contributed by atoms with Crippen LogP contribution < -0.4 is 5.46 Å². The molecule has 5 heterocycles. The van der Waals surface area contributed by atoms with Gasteiger partial charge in [0, 0.05) is 38.2 Å². The molecule has 4 aromatic heterocycles. The second-order valence-electron chi connectivity index (χ2n) is 21.7. The van der Waals surface area contributed by atoms with E-state index in [9.17, 15) is 0 Å². The number of nitrogens with zero attached hydrogens (tertiary/aromatic N) is 4. The van der Waals surface area contributed by atoms with E-state index in [4.69, 9.17) is 24.3 Å². The number of rotatable bonds is 6. The fraction of sp³-hybridized carbons (Fsp3) is 0.0811. The first-order chi connectivity index (χ1) is 40.0. The average molecular weight is 1120 g/mol. The van der Waals surface area contributed by atoms with Gasteiger partial charge in [-0.2, -0.15) is 0 Å². The van der Waals surface area contributed by atoms with Crippen molar-refractivity contribution in [1.82, 2.24) is 19.9 Å². The molecule has 0 radical (unpaired) electrons. The summed E-state index contributed by atoms with van der Waals surface area (Å²) in [6.45, 7) is 8.34. The number of halogens is 1. The summed E-state index contributed by atoms with van der Waals surface area (Å²) in [6.07, 6.45) is 0. The van der Waals surface area contributed by atoms with E-state index in [-0.39, 0.29) is 18.3 Å². The van der Waals surface area contributed by atoms with E-state index in [1.807, 2.05) is 42.5 Å². The number of benzene rings is 10. The van der Waals surface area contributed by atoms with Crippen LogP contribution in [0.15, 0.2) is 272 Å². The first-order valence-electron chi connectivity index (χ1n) is 27.7. The van der Waals surface area contributed by atoms with Crippen molar-refractivity contribution in [2.24, 2.45) is 0 Å². The summed E-state index contributed by atoms with van der Waals surface area (Å²) in [5.41, 5.74) is 15.2. The quantitative estimate of drug-likeness (QED) is 0.0939. The van der Waals surface area contributed by atoms with Crippen molar-refractivity contribution in [2.75, 3.05) is 0 Å². The third-order valence-corrected chi connectivity index (χ3v) is 16.4. The van der Waals surface area contributed by atoms with E-state index in [0.29, 0.717) is 0 Å². The van der Waals surface area contributed by atoms with E-state index in [2.05, 4.69) is 273 Å². The van der Waals surface area contributed by atoms with Gasteiger partial charge in [-0.3, -0.25) is 0 Å². The van der Waals surface area contributed by atoms with Crippen molar-refractivity contribution in [2.45, 2.75) is 38.9 Å². The van der Waals surface area contributed by atoms with E-state index in [1.54, 1.807) is 0 Å². The number of hydrogen-bond donors (Lipinski definition) is 0. The molecule has 1 saturated heterocycles. The van der Waals surface area contributed by atoms with Crippen LogP contribution in [0.2, 0.25) is 0 Å². The highest BCUT2D eigenvalue weighted by Crippen LogP contribution is 2.38. The number of aromatic nitrogens is 4. The fourth-order valence-electron chi connectivity index (χ4n) is 10.8. The Hall–Kier alpha value is -9.18. The van der Waals surface area contributed by atoms with Gasteiger partial charge in [0.05, 0.1) is 50.4 Å². The molecule has 394 valence electrons. The normalized spacial score (nSPS) is 13.5. The van der Waals surface area contributed by atoms with Crippen molar-refractivity contribution in [3.05, 3.63) is 272 Å². The van der Waals surface area contributed by atoms with Gasteiger partial charge in [-0.25, -0.2) is 19.9 Å². The molecule has 0 aliphatic carbocycles. The Morgan fingerprint density at radius 3 is 1.16 bits per heavy atom. The Kier molecular flexibility index (Phi) is 14.0. The Morgan fingerprint density at radius 1 is 0.305 bits per heavy atom. The molecular weight excluding hydrogens is 1070 g/mol. The number of pyridine rings is 4. The van der Waals surface area contributed by atoms with Crippen molar-refractivity contribution in [3.8, 4) is 56.0 Å². The molecule has 82 heavy (non-hydrogen) atoms. The lowest BCUT2D eigenvalue weighted by Crippen LogP contribution is -2.41. The third-order valence-electron chi connectivity index (χ3n) is 15.9. The summed E-state index contributed by atoms with van der Waals surface area (Å²) >= 11 is 3.44. The highest BCUT2D eigenvalue weighted by molar-refractivity contribution is 9.10. The van der Waals surface area contributed by atoms with E-state index >= 15 is 0 Å². The Bertz CT molecular complexity index is 4660. The van der Waals surface area contributed by atoms with Crippen LogP contribution in [-0.2, 0) is 9.31 Å². The van der Waals surface area contributed by atoms with Crippen LogP contribution >= 0.6 is 15.9 Å². The van der Waals surface area contributed by atoms with Gasteiger partial charge in [0.1, 0.15) is 4.60 Å². The lowest BCUT2D eigenvalue weighted by molar-refractivity contribution is 0.00578. The minimum Gasteiger partial charge on any atom is -0.399 e. The predicted molar refractivity (Wildman–Crippen MR) is 346 cm³/mol. The first kappa shape index (κ1) is 52.2. The molecule has 1 fully saturated rings. The monoisotopic (exact) mass is 1120 g/mol. The van der Waals surface area contributed by atoms with Gasteiger partial charge < -0.3 is 9.31 Å². The molecule has 6 nitrogen and oxygen atoms in total. The number of hydrogen-bond acceptors (Lipinski definition) is 6. The van der Waals surface area contributed by atoms with Crippen molar-refractivity contribution in [3.63, 3.8) is 0 Å². The Morgan fingerprint density at radius 2 is 0.659 bits per heavy atom. The van der Waals surface area contributed by atoms with Crippen LogP contribution in [0.1, 0.15) is 27.7 Å². The molecule has 1 aliphatic heterocycles. The van der Waals surface area contributed by atoms with E-state index in [0.717, 1.165) is 87.4 Å². The summed E-state index contributed by atoms with van der Waals surface area (Å²) in [5, 5.41) is 9.40. The first-order valence-corrected chi connectivity index (χ1v) is 28.5. The van der Waals surface area contributed by atoms with Gasteiger partial charge in [-0.15, -0.1) is 0 Å². The Balaban J connectivity index is 0.000000121. The zero-order valence-electron chi connectivity index (χ0n) is 46.0. The van der Waals surface area contributed by atoms with Crippen molar-refractivity contribution >= 4 is 93.7 Å². The molecule has 8 heteroatoms. The SMILES string of the molecule is Brc1ccc2ccc3ccc(-c4ccccc4)nc3c2n1.CC1(C)OB(c2cccc(-c3cccc4ccccc34)c2)OC1(C)C.c1ccc(-c2ccc3ccc4ccc(-c5cccc(-c6cccc7ccccc67)c5)nc4c3n2)cc1. The molecule has 0 bridgehead atoms. The van der Waals surface area contributed by atoms with Gasteiger partial charge in [-0.05, 0) is 123 Å². The minimum absolute atomic E-state index is 0.326. The molecule has 0 spiro atoms. The maximum atomic E-state index is 6.21. The lowest BCUT2D eigenvalue weighted by Gasteiger charge is -2.32. The molecular formula is C74H56BBrN4O2. The maximum Gasteiger partial charge on any atom is 0.494 e. The molecule has 0 saturated carbocycles. The van der Waals surface area contributed by atoms with Crippen LogP contribution in [0.4, 0.5) is 0 Å². The molecule has 1 aliphatic rings.